The molecule has 9 nitrogen and oxygen atoms in total. The fourth-order valence-corrected chi connectivity index (χ4v) is 1.06. The molecule has 0 aromatic rings. The molecule has 1 unspecified atom stereocenters. The summed E-state index contributed by atoms with van der Waals surface area (Å²) < 4.78 is 13.8. The van der Waals surface area contributed by atoms with E-state index in [-0.39, 0.29) is 6.29 Å². The molecule has 0 fully saturated rings. The van der Waals surface area contributed by atoms with Crippen LogP contribution in [0, 0.1) is 0 Å². The summed E-state index contributed by atoms with van der Waals surface area (Å²) in [5.41, 5.74) is 0. The van der Waals surface area contributed by atoms with E-state index in [1.54, 1.807) is 0 Å². The van der Waals surface area contributed by atoms with Gasteiger partial charge in [0.15, 0.2) is 12.6 Å². The van der Waals surface area contributed by atoms with Crippen LogP contribution in [0.15, 0.2) is 0 Å². The highest BCUT2D eigenvalue weighted by Gasteiger charge is 2.34. The first kappa shape index (κ1) is 14.6. The van der Waals surface area contributed by atoms with Crippen molar-refractivity contribution in [1.82, 2.24) is 0 Å². The Hall–Kier alpha value is -0.380. The molecule has 0 spiro atoms. The van der Waals surface area contributed by atoms with E-state index >= 15 is 0 Å². The SMILES string of the molecule is O=C[C@H](O)[C@H](O)[C@H](O)C(O)OP(=O)(O)O. The second-order valence-corrected chi connectivity index (χ2v) is 3.79. The molecule has 0 saturated carbocycles. The van der Waals surface area contributed by atoms with Gasteiger partial charge in [0.05, 0.1) is 0 Å². The average molecular weight is 246 g/mol. The van der Waals surface area contributed by atoms with Crippen LogP contribution in [0.25, 0.3) is 0 Å². The molecule has 0 saturated heterocycles. The van der Waals surface area contributed by atoms with Gasteiger partial charge in [-0.05, 0) is 0 Å². The van der Waals surface area contributed by atoms with Crippen LogP contribution >= 0.6 is 7.82 Å². The molecular weight excluding hydrogens is 235 g/mol. The molecule has 0 aromatic carbocycles. The largest absolute Gasteiger partial charge is 0.472 e. The highest BCUT2D eigenvalue weighted by molar-refractivity contribution is 7.46. The first-order valence-corrected chi connectivity index (χ1v) is 5.13. The zero-order chi connectivity index (χ0) is 12.2. The normalized spacial score (nSPS) is 20.4. The molecular formula is C5H11O9P. The van der Waals surface area contributed by atoms with Crippen LogP contribution < -0.4 is 0 Å². The van der Waals surface area contributed by atoms with Crippen molar-refractivity contribution in [3.05, 3.63) is 0 Å². The Morgan fingerprint density at radius 3 is 1.87 bits per heavy atom. The lowest BCUT2D eigenvalue weighted by Gasteiger charge is -2.23. The molecule has 0 amide bonds. The molecule has 6 N–H and O–H groups in total. The van der Waals surface area contributed by atoms with Crippen molar-refractivity contribution in [3.8, 4) is 0 Å². The Bertz CT molecular complexity index is 249. The minimum absolute atomic E-state index is 0.127. The Labute approximate surface area is 83.8 Å². The van der Waals surface area contributed by atoms with Crippen molar-refractivity contribution < 1.29 is 44.1 Å². The van der Waals surface area contributed by atoms with Crippen LogP contribution in [0.3, 0.4) is 0 Å². The van der Waals surface area contributed by atoms with Gasteiger partial charge in [-0.2, -0.15) is 0 Å². The maximum atomic E-state index is 10.2. The highest BCUT2D eigenvalue weighted by Crippen LogP contribution is 2.37. The lowest BCUT2D eigenvalue weighted by Crippen LogP contribution is -2.45. The fraction of sp³-hybridized carbons (Fsp3) is 0.800. The van der Waals surface area contributed by atoms with Crippen LogP contribution in [-0.4, -0.2) is 61.1 Å². The van der Waals surface area contributed by atoms with Crippen molar-refractivity contribution in [1.29, 1.82) is 0 Å². The van der Waals surface area contributed by atoms with Crippen LogP contribution in [0.2, 0.25) is 0 Å². The number of carbonyl (C=O) groups excluding carboxylic acids is 1. The first-order valence-electron chi connectivity index (χ1n) is 3.60. The summed E-state index contributed by atoms with van der Waals surface area (Å²) >= 11 is 0. The van der Waals surface area contributed by atoms with E-state index in [0.29, 0.717) is 0 Å². The molecule has 0 radical (unpaired) electrons. The van der Waals surface area contributed by atoms with E-state index in [0.717, 1.165) is 0 Å². The Balaban J connectivity index is 4.37. The minimum atomic E-state index is -5.05. The molecule has 0 aliphatic rings. The van der Waals surface area contributed by atoms with Crippen molar-refractivity contribution in [2.45, 2.75) is 24.6 Å². The average Bonchev–Trinajstić information content (AvgIpc) is 2.11. The number of rotatable bonds is 6. The molecule has 4 atom stereocenters. The number of hydrogen-bond acceptors (Lipinski definition) is 7. The van der Waals surface area contributed by atoms with E-state index in [1.807, 2.05) is 0 Å². The number of aliphatic hydroxyl groups is 4. The number of phosphoric ester groups is 1. The molecule has 0 aliphatic carbocycles. The van der Waals surface area contributed by atoms with E-state index < -0.39 is 32.4 Å². The monoisotopic (exact) mass is 246 g/mol. The van der Waals surface area contributed by atoms with Crippen LogP contribution in [-0.2, 0) is 13.9 Å². The second kappa shape index (κ2) is 5.64. The Morgan fingerprint density at radius 2 is 1.53 bits per heavy atom. The number of aldehydes is 1. The van der Waals surface area contributed by atoms with Gasteiger partial charge in [-0.1, -0.05) is 0 Å². The lowest BCUT2D eigenvalue weighted by molar-refractivity contribution is -0.170. The molecule has 0 heterocycles. The summed E-state index contributed by atoms with van der Waals surface area (Å²) in [5, 5.41) is 35.4. The zero-order valence-corrected chi connectivity index (χ0v) is 8.14. The first-order chi connectivity index (χ1) is 6.69. The highest BCUT2D eigenvalue weighted by atomic mass is 31.2. The van der Waals surface area contributed by atoms with Crippen LogP contribution in [0.5, 0.6) is 0 Å². The number of phosphoric acid groups is 1. The standard InChI is InChI=1S/C5H11O9P/c6-1-2(7)3(8)4(9)5(10)14-15(11,12)13/h1-5,7-10H,(H2,11,12,13)/t2-,3-,4-,5?/m0/s1. The van der Waals surface area contributed by atoms with E-state index in [1.165, 1.54) is 0 Å². The van der Waals surface area contributed by atoms with E-state index in [9.17, 15) is 9.36 Å². The van der Waals surface area contributed by atoms with Gasteiger partial charge >= 0.3 is 7.82 Å². The number of hydrogen-bond donors (Lipinski definition) is 6. The molecule has 0 aromatic heterocycles. The summed E-state index contributed by atoms with van der Waals surface area (Å²) in [6.07, 6.45) is -8.93. The summed E-state index contributed by atoms with van der Waals surface area (Å²) in [4.78, 5) is 26.4. The van der Waals surface area contributed by atoms with Gasteiger partial charge in [0.1, 0.15) is 18.3 Å². The molecule has 0 aliphatic heterocycles. The summed E-state index contributed by atoms with van der Waals surface area (Å²) in [6.45, 7) is 0. The van der Waals surface area contributed by atoms with E-state index in [4.69, 9.17) is 30.2 Å². The van der Waals surface area contributed by atoms with Gasteiger partial charge in [0, 0.05) is 0 Å². The molecule has 10 heteroatoms. The molecule has 0 rings (SSSR count). The fourth-order valence-electron chi connectivity index (χ4n) is 0.654. The summed E-state index contributed by atoms with van der Waals surface area (Å²) in [5.74, 6) is 0. The summed E-state index contributed by atoms with van der Waals surface area (Å²) in [7, 11) is -5.05. The summed E-state index contributed by atoms with van der Waals surface area (Å²) in [6, 6.07) is 0. The third-order valence-corrected chi connectivity index (χ3v) is 1.87. The third-order valence-electron chi connectivity index (χ3n) is 1.38. The van der Waals surface area contributed by atoms with Crippen molar-refractivity contribution in [2.75, 3.05) is 0 Å². The maximum absolute atomic E-state index is 10.2. The third kappa shape index (κ3) is 5.30. The quantitative estimate of drug-likeness (QED) is 0.160. The van der Waals surface area contributed by atoms with Crippen molar-refractivity contribution >= 4 is 14.1 Å². The molecule has 15 heavy (non-hydrogen) atoms. The smallest absolute Gasteiger partial charge is 0.387 e. The van der Waals surface area contributed by atoms with Gasteiger partial charge in [-0.15, -0.1) is 0 Å². The maximum Gasteiger partial charge on any atom is 0.472 e. The molecule has 90 valence electrons. The number of aliphatic hydroxyl groups excluding tert-OH is 4. The van der Waals surface area contributed by atoms with Gasteiger partial charge in [-0.25, -0.2) is 4.57 Å². The van der Waals surface area contributed by atoms with E-state index in [2.05, 4.69) is 4.52 Å². The van der Waals surface area contributed by atoms with Gasteiger partial charge < -0.3 is 35.0 Å². The lowest BCUT2D eigenvalue weighted by atomic mass is 10.1. The predicted octanol–water partition coefficient (Wildman–Crippen LogP) is -3.30. The minimum Gasteiger partial charge on any atom is -0.387 e. The topological polar surface area (TPSA) is 165 Å². The van der Waals surface area contributed by atoms with Gasteiger partial charge in [0.25, 0.3) is 0 Å². The number of carbonyl (C=O) groups is 1. The van der Waals surface area contributed by atoms with Gasteiger partial charge in [0.2, 0.25) is 0 Å². The zero-order valence-electron chi connectivity index (χ0n) is 7.24. The van der Waals surface area contributed by atoms with Gasteiger partial charge in [-0.3, -0.25) is 4.52 Å². The van der Waals surface area contributed by atoms with Crippen molar-refractivity contribution in [2.24, 2.45) is 0 Å². The predicted molar refractivity (Wildman–Crippen MR) is 43.2 cm³/mol. The Morgan fingerprint density at radius 1 is 1.07 bits per heavy atom. The van der Waals surface area contributed by atoms with Crippen LogP contribution in [0.1, 0.15) is 0 Å². The van der Waals surface area contributed by atoms with Crippen LogP contribution in [0.4, 0.5) is 0 Å². The Kier molecular flexibility index (Phi) is 5.49. The second-order valence-electron chi connectivity index (χ2n) is 2.59. The molecule has 0 bridgehead atoms. The van der Waals surface area contributed by atoms with Crippen molar-refractivity contribution in [3.63, 3.8) is 0 Å².